The Morgan fingerprint density at radius 1 is 0.511 bits per heavy atom. The Bertz CT molecular complexity index is 2930. The molecule has 0 unspecified atom stereocenters. The topological polar surface area (TPSA) is 382 Å². The van der Waals surface area contributed by atoms with Gasteiger partial charge >= 0.3 is 0 Å². The highest BCUT2D eigenvalue weighted by Gasteiger charge is 2.50. The van der Waals surface area contributed by atoms with Crippen molar-refractivity contribution in [1.82, 2.24) is 10.1 Å². The van der Waals surface area contributed by atoms with Crippen molar-refractivity contribution in [3.8, 4) is 0 Å². The van der Waals surface area contributed by atoms with E-state index in [9.17, 15) is 77.7 Å². The van der Waals surface area contributed by atoms with Gasteiger partial charge in [-0.15, -0.1) is 0 Å². The van der Waals surface area contributed by atoms with Gasteiger partial charge in [-0.1, -0.05) is 103 Å². The lowest BCUT2D eigenvalue weighted by Gasteiger charge is -2.42. The van der Waals surface area contributed by atoms with Gasteiger partial charge in [-0.05, 0) is 109 Å². The second kappa shape index (κ2) is 32.2. The lowest BCUT2D eigenvalue weighted by Crippen LogP contribution is -2.52. The van der Waals surface area contributed by atoms with Gasteiger partial charge < -0.3 is 81.9 Å². The van der Waals surface area contributed by atoms with Crippen LogP contribution in [0.4, 0.5) is 22.7 Å². The molecule has 4 aromatic carbocycles. The summed E-state index contributed by atoms with van der Waals surface area (Å²) in [4.78, 5) is 29.5. The van der Waals surface area contributed by atoms with Crippen molar-refractivity contribution in [2.24, 2.45) is 0 Å². The molecule has 4 aromatic rings. The van der Waals surface area contributed by atoms with Gasteiger partial charge in [0.15, 0.2) is 31.9 Å². The number of benzene rings is 4. The van der Waals surface area contributed by atoms with E-state index in [2.05, 4.69) is 10.6 Å². The molecule has 6 rings (SSSR count). The summed E-state index contributed by atoms with van der Waals surface area (Å²) in [5, 5.41) is 130. The van der Waals surface area contributed by atoms with Crippen LogP contribution in [0.15, 0.2) is 94.7 Å². The number of amides is 2. The van der Waals surface area contributed by atoms with Crippen molar-refractivity contribution in [1.29, 1.82) is 0 Å². The zero-order valence-corrected chi connectivity index (χ0v) is 53.2. The van der Waals surface area contributed by atoms with E-state index in [1.165, 1.54) is 22.3 Å². The number of nitrogens with one attached hydrogen (secondary N) is 2. The van der Waals surface area contributed by atoms with Crippen molar-refractivity contribution in [3.63, 3.8) is 0 Å². The Morgan fingerprint density at radius 3 is 1.11 bits per heavy atom. The van der Waals surface area contributed by atoms with Crippen molar-refractivity contribution >= 4 is 54.2 Å². The number of hydrogen-bond donors (Lipinski definition) is 14. The molecule has 88 heavy (non-hydrogen) atoms. The van der Waals surface area contributed by atoms with Gasteiger partial charge in [-0.25, -0.2) is 16.8 Å². The first-order valence-corrected chi connectivity index (χ1v) is 33.3. The first-order chi connectivity index (χ1) is 41.4. The number of sulfone groups is 2. The fourth-order valence-corrected chi connectivity index (χ4v) is 15.6. The van der Waals surface area contributed by atoms with Crippen molar-refractivity contribution in [3.05, 3.63) is 107 Å². The van der Waals surface area contributed by atoms with Gasteiger partial charge in [0.1, 0.15) is 36.6 Å². The Morgan fingerprint density at radius 2 is 0.830 bits per heavy atom. The van der Waals surface area contributed by atoms with Gasteiger partial charge in [-0.3, -0.25) is 9.59 Å². The quantitative estimate of drug-likeness (QED) is 0.0386. The Labute approximate surface area is 517 Å². The molecule has 0 aliphatic carbocycles. The maximum absolute atomic E-state index is 14.0. The minimum Gasteiger partial charge on any atom is -0.394 e. The predicted molar refractivity (Wildman–Crippen MR) is 333 cm³/mol. The molecule has 10 atom stereocenters. The maximum Gasteiger partial charge on any atom is 0.256 e. The van der Waals surface area contributed by atoms with E-state index in [1.54, 1.807) is 72.8 Å². The zero-order valence-electron chi connectivity index (χ0n) is 51.6. The average Bonchev–Trinajstić information content (AvgIpc) is 2.43. The minimum absolute atomic E-state index is 0.117. The number of anilines is 4. The van der Waals surface area contributed by atoms with E-state index in [0.717, 1.165) is 37.1 Å². The normalized spacial score (nSPS) is 20.5. The fraction of sp³-hybridized carbons (Fsp3) is 0.581. The number of fused-ring (bicyclic) bond motifs is 2. The highest BCUT2D eigenvalue weighted by molar-refractivity contribution is 7.91. The summed E-state index contributed by atoms with van der Waals surface area (Å²) in [6, 6.07) is 21.0. The van der Waals surface area contributed by atoms with Crippen LogP contribution in [-0.2, 0) is 29.3 Å². The van der Waals surface area contributed by atoms with Gasteiger partial charge in [0.05, 0.1) is 57.7 Å². The molecule has 0 saturated heterocycles. The molecular formula is C62H94N6O18S2. The van der Waals surface area contributed by atoms with Crippen LogP contribution >= 0.6 is 0 Å². The molecule has 14 N–H and O–H groups in total. The summed E-state index contributed by atoms with van der Waals surface area (Å²) in [5.74, 6) is -2.69. The van der Waals surface area contributed by atoms with Crippen LogP contribution in [0.2, 0.25) is 0 Å². The third kappa shape index (κ3) is 17.2. The number of aliphatic hydroxyl groups excluding tert-OH is 10. The lowest BCUT2D eigenvalue weighted by atomic mass is 9.85. The first-order valence-electron chi connectivity index (χ1n) is 30.0. The molecule has 2 amide bonds. The van der Waals surface area contributed by atoms with Crippen LogP contribution in [0.25, 0.3) is 0 Å². The molecule has 0 fully saturated rings. The van der Waals surface area contributed by atoms with Gasteiger partial charge in [-0.2, -0.15) is 10.1 Å². The molecule has 492 valence electrons. The average molecular weight is 1280 g/mol. The summed E-state index contributed by atoms with van der Waals surface area (Å²) in [7, 11) is -0.362. The molecule has 0 spiro atoms. The molecule has 0 bridgehead atoms. The Balaban J connectivity index is 0.000000321. The van der Waals surface area contributed by atoms with Crippen LogP contribution in [0.1, 0.15) is 139 Å². The molecule has 24 nitrogen and oxygen atoms in total. The molecule has 0 radical (unpaired) electrons. The second-order valence-corrected chi connectivity index (χ2v) is 27.6. The first kappa shape index (κ1) is 73.5. The number of carbonyl (C=O) groups is 2. The van der Waals surface area contributed by atoms with Crippen LogP contribution in [0, 0.1) is 0 Å². The largest absolute Gasteiger partial charge is 0.394 e. The summed E-state index contributed by atoms with van der Waals surface area (Å²) in [6.45, 7) is 6.26. The lowest BCUT2D eigenvalue weighted by molar-refractivity contribution is -0.195. The van der Waals surface area contributed by atoms with Crippen molar-refractivity contribution in [2.45, 2.75) is 187 Å². The van der Waals surface area contributed by atoms with Crippen LogP contribution in [0.5, 0.6) is 0 Å². The standard InChI is InChI=1S/2C31H47N3O9S/c2*1-5-7-14-31(15-8-6-2)19-44(42,43)25-13-12-22(33(3)4)17-23(25)26(34(31)41)20-10-9-11-21(16-20)32-30(40)29(39)28(38)27(37)24(36)18-35/h2*9-13,16-17,24,26-29,35-39,41H,5-8,14-15,18-19H2,1-4H3,(H,32,40)/t24-,26+,27-,28+,29-;24-,26-,27-,28+,29-/m11/s1. The van der Waals surface area contributed by atoms with E-state index < -0.39 is 117 Å². The van der Waals surface area contributed by atoms with Crippen LogP contribution in [-0.4, -0.2) is 213 Å². The number of hydroxylamine groups is 4. The highest BCUT2D eigenvalue weighted by Crippen LogP contribution is 2.48. The monoisotopic (exact) mass is 1270 g/mol. The van der Waals surface area contributed by atoms with Crippen LogP contribution < -0.4 is 20.4 Å². The van der Waals surface area contributed by atoms with Gasteiger partial charge in [0.25, 0.3) is 11.8 Å². The van der Waals surface area contributed by atoms with E-state index >= 15 is 0 Å². The van der Waals surface area contributed by atoms with E-state index in [-0.39, 0.29) is 32.7 Å². The number of aliphatic hydroxyl groups is 10. The summed E-state index contributed by atoms with van der Waals surface area (Å²) in [5.41, 5.74) is 1.36. The van der Waals surface area contributed by atoms with E-state index in [1.807, 2.05) is 65.7 Å². The molecule has 0 saturated carbocycles. The third-order valence-corrected chi connectivity index (χ3v) is 20.5. The van der Waals surface area contributed by atoms with Gasteiger partial charge in [0.2, 0.25) is 0 Å². The van der Waals surface area contributed by atoms with E-state index in [0.29, 0.717) is 73.6 Å². The molecule has 2 aliphatic rings. The molecular weight excluding hydrogens is 1180 g/mol. The second-order valence-electron chi connectivity index (χ2n) is 23.7. The maximum atomic E-state index is 14.0. The minimum atomic E-state index is -3.84. The molecule has 2 heterocycles. The number of nitrogens with zero attached hydrogens (tertiary/aromatic N) is 4. The number of carbonyl (C=O) groups excluding carboxylic acids is 2. The number of hydrogen-bond acceptors (Lipinski definition) is 22. The molecule has 2 aliphatic heterocycles. The van der Waals surface area contributed by atoms with E-state index in [4.69, 9.17) is 10.2 Å². The van der Waals surface area contributed by atoms with Crippen molar-refractivity contribution in [2.75, 3.05) is 73.3 Å². The smallest absolute Gasteiger partial charge is 0.256 e. The zero-order chi connectivity index (χ0) is 65.6. The Kier molecular flexibility index (Phi) is 26.9. The van der Waals surface area contributed by atoms with Crippen molar-refractivity contribution < 1.29 is 87.9 Å². The number of unbranched alkanes of at least 4 members (excludes halogenated alkanes) is 4. The Hall–Kier alpha value is -5.24. The summed E-state index contributed by atoms with van der Waals surface area (Å²) < 4.78 is 56.0. The van der Waals surface area contributed by atoms with Crippen LogP contribution in [0.3, 0.4) is 0 Å². The molecule has 26 heteroatoms. The summed E-state index contributed by atoms with van der Waals surface area (Å²) in [6.07, 6.45) is -8.12. The predicted octanol–water partition coefficient (Wildman–Crippen LogP) is 3.63. The summed E-state index contributed by atoms with van der Waals surface area (Å²) >= 11 is 0. The fourth-order valence-electron chi connectivity index (χ4n) is 11.5. The SMILES string of the molecule is CCCCC1(CCCC)CS(=O)(=O)c2ccc(N(C)C)cc2[C@@H](c2cccc(NC(=O)[C@H](O)[C@@H](O)[C@H](O)[C@H](O)CO)c2)N1O.CCCCC1(CCCC)CS(=O)(=O)c2ccc(N(C)C)cc2[C@H](c2cccc(NC(=O)[C@H](O)[C@@H](O)[C@H](O)[C@H](O)CO)c2)N1O. The third-order valence-electron chi connectivity index (χ3n) is 16.6. The number of rotatable bonds is 28. The van der Waals surface area contributed by atoms with Gasteiger partial charge in [0, 0.05) is 50.9 Å². The molecule has 0 aromatic heterocycles. The highest BCUT2D eigenvalue weighted by atomic mass is 32.2.